The lowest BCUT2D eigenvalue weighted by Crippen LogP contribution is -2.43. The van der Waals surface area contributed by atoms with Crippen LogP contribution in [0.15, 0.2) is 0 Å². The van der Waals surface area contributed by atoms with Gasteiger partial charge in [-0.3, -0.25) is 14.6 Å². The third-order valence-corrected chi connectivity index (χ3v) is 5.58. The molecule has 0 aromatic rings. The molecule has 22 heavy (non-hydrogen) atoms. The van der Waals surface area contributed by atoms with Crippen molar-refractivity contribution >= 4 is 5.91 Å². The van der Waals surface area contributed by atoms with Crippen LogP contribution in [-0.2, 0) is 9.53 Å². The highest BCUT2D eigenvalue weighted by atomic mass is 16.5. The van der Waals surface area contributed by atoms with Gasteiger partial charge in [-0.05, 0) is 25.2 Å². The van der Waals surface area contributed by atoms with Gasteiger partial charge in [-0.25, -0.2) is 0 Å². The Labute approximate surface area is 134 Å². The third kappa shape index (κ3) is 3.81. The van der Waals surface area contributed by atoms with Gasteiger partial charge in [0.1, 0.15) is 0 Å². The van der Waals surface area contributed by atoms with E-state index in [1.165, 1.54) is 25.9 Å². The Morgan fingerprint density at radius 3 is 2.73 bits per heavy atom. The summed E-state index contributed by atoms with van der Waals surface area (Å²) >= 11 is 0. The maximum absolute atomic E-state index is 11.6. The predicted octanol–water partition coefficient (Wildman–Crippen LogP) is 1.04. The van der Waals surface area contributed by atoms with Crippen molar-refractivity contribution in [3.8, 4) is 0 Å². The number of carbonyl (C=O) groups excluding carboxylic acids is 1. The van der Waals surface area contributed by atoms with Crippen LogP contribution in [0.1, 0.15) is 33.1 Å². The van der Waals surface area contributed by atoms with E-state index in [0.29, 0.717) is 18.1 Å². The van der Waals surface area contributed by atoms with Crippen LogP contribution in [0.3, 0.4) is 0 Å². The van der Waals surface area contributed by atoms with Gasteiger partial charge in [-0.1, -0.05) is 6.92 Å². The van der Waals surface area contributed by atoms with Gasteiger partial charge >= 0.3 is 0 Å². The zero-order valence-corrected chi connectivity index (χ0v) is 14.2. The third-order valence-electron chi connectivity index (χ3n) is 5.58. The fourth-order valence-corrected chi connectivity index (χ4v) is 4.33. The summed E-state index contributed by atoms with van der Waals surface area (Å²) in [4.78, 5) is 18.8. The number of carbonyl (C=O) groups is 1. The monoisotopic (exact) mass is 309 g/mol. The summed E-state index contributed by atoms with van der Waals surface area (Å²) in [7, 11) is 0. The van der Waals surface area contributed by atoms with E-state index in [9.17, 15) is 4.79 Å². The standard InChI is InChI=1S/C17H31N3O2/c1-14-11-18(12-16-5-3-10-22-16)13-17(14)20-7-4-6-19(8-9-20)15(2)21/h14,16-17H,3-13H2,1-2H3/t14-,16-,17+/m0/s1. The molecule has 3 fully saturated rings. The Hall–Kier alpha value is -0.650. The van der Waals surface area contributed by atoms with Crippen molar-refractivity contribution in [1.82, 2.24) is 14.7 Å². The molecule has 3 atom stereocenters. The van der Waals surface area contributed by atoms with Crippen LogP contribution in [0.4, 0.5) is 0 Å². The molecule has 0 bridgehead atoms. The summed E-state index contributed by atoms with van der Waals surface area (Å²) in [6.45, 7) is 12.5. The van der Waals surface area contributed by atoms with Crippen molar-refractivity contribution in [2.24, 2.45) is 5.92 Å². The van der Waals surface area contributed by atoms with Crippen LogP contribution < -0.4 is 0 Å². The number of rotatable bonds is 3. The number of hydrogen-bond donors (Lipinski definition) is 0. The highest BCUT2D eigenvalue weighted by Gasteiger charge is 2.35. The van der Waals surface area contributed by atoms with E-state index in [-0.39, 0.29) is 5.91 Å². The van der Waals surface area contributed by atoms with Gasteiger partial charge in [-0.15, -0.1) is 0 Å². The number of likely N-dealkylation sites (tertiary alicyclic amines) is 1. The SMILES string of the molecule is CC(=O)N1CCCN([C@@H]2CN(C[C@@H]3CCCO3)C[C@@H]2C)CC1. The van der Waals surface area contributed by atoms with Gasteiger partial charge in [-0.2, -0.15) is 0 Å². The first-order chi connectivity index (χ1) is 10.6. The Bertz CT molecular complexity index is 384. The minimum absolute atomic E-state index is 0.223. The van der Waals surface area contributed by atoms with Crippen LogP contribution in [0.5, 0.6) is 0 Å². The van der Waals surface area contributed by atoms with Crippen molar-refractivity contribution in [3.05, 3.63) is 0 Å². The summed E-state index contributed by atoms with van der Waals surface area (Å²) in [5, 5.41) is 0. The number of amides is 1. The van der Waals surface area contributed by atoms with Gasteiger partial charge in [0, 0.05) is 65.4 Å². The van der Waals surface area contributed by atoms with E-state index >= 15 is 0 Å². The van der Waals surface area contributed by atoms with Crippen molar-refractivity contribution in [3.63, 3.8) is 0 Å². The van der Waals surface area contributed by atoms with E-state index in [4.69, 9.17) is 4.74 Å². The second-order valence-corrected chi connectivity index (χ2v) is 7.29. The Balaban J connectivity index is 1.52. The molecule has 3 saturated heterocycles. The van der Waals surface area contributed by atoms with E-state index in [1.807, 2.05) is 4.90 Å². The highest BCUT2D eigenvalue weighted by Crippen LogP contribution is 2.25. The first-order valence-electron chi connectivity index (χ1n) is 8.97. The van der Waals surface area contributed by atoms with Gasteiger partial charge in [0.05, 0.1) is 6.10 Å². The lowest BCUT2D eigenvalue weighted by atomic mass is 10.0. The maximum atomic E-state index is 11.6. The summed E-state index contributed by atoms with van der Waals surface area (Å²) in [6, 6.07) is 0.647. The molecular weight excluding hydrogens is 278 g/mol. The predicted molar refractivity (Wildman–Crippen MR) is 86.8 cm³/mol. The molecule has 0 spiro atoms. The summed E-state index contributed by atoms with van der Waals surface area (Å²) < 4.78 is 5.79. The van der Waals surface area contributed by atoms with E-state index < -0.39 is 0 Å². The van der Waals surface area contributed by atoms with Crippen LogP contribution in [0.25, 0.3) is 0 Å². The molecular formula is C17H31N3O2. The molecule has 126 valence electrons. The fourth-order valence-electron chi connectivity index (χ4n) is 4.33. The van der Waals surface area contributed by atoms with Crippen LogP contribution in [-0.4, -0.2) is 85.2 Å². The molecule has 3 aliphatic heterocycles. The first-order valence-corrected chi connectivity index (χ1v) is 8.97. The highest BCUT2D eigenvalue weighted by molar-refractivity contribution is 5.73. The lowest BCUT2D eigenvalue weighted by molar-refractivity contribution is -0.128. The summed E-state index contributed by atoms with van der Waals surface area (Å²) in [5.41, 5.74) is 0. The van der Waals surface area contributed by atoms with Crippen LogP contribution in [0, 0.1) is 5.92 Å². The number of hydrogen-bond acceptors (Lipinski definition) is 4. The molecule has 5 nitrogen and oxygen atoms in total. The van der Waals surface area contributed by atoms with E-state index in [0.717, 1.165) is 45.8 Å². The van der Waals surface area contributed by atoms with Gasteiger partial charge < -0.3 is 9.64 Å². The molecule has 0 aromatic heterocycles. The molecule has 0 saturated carbocycles. The van der Waals surface area contributed by atoms with Crippen LogP contribution >= 0.6 is 0 Å². The van der Waals surface area contributed by atoms with Gasteiger partial charge in [0.25, 0.3) is 0 Å². The smallest absolute Gasteiger partial charge is 0.219 e. The normalized spacial score (nSPS) is 35.0. The Morgan fingerprint density at radius 1 is 1.14 bits per heavy atom. The van der Waals surface area contributed by atoms with Crippen molar-refractivity contribution in [2.45, 2.75) is 45.3 Å². The molecule has 0 aromatic carbocycles. The average molecular weight is 309 g/mol. The second-order valence-electron chi connectivity index (χ2n) is 7.29. The molecule has 0 unspecified atom stereocenters. The Kier molecular flexibility index (Phi) is 5.37. The number of nitrogens with zero attached hydrogens (tertiary/aromatic N) is 3. The lowest BCUT2D eigenvalue weighted by Gasteiger charge is -2.30. The van der Waals surface area contributed by atoms with Crippen LogP contribution in [0.2, 0.25) is 0 Å². The molecule has 3 rings (SSSR count). The molecule has 0 radical (unpaired) electrons. The second kappa shape index (κ2) is 7.28. The van der Waals surface area contributed by atoms with Gasteiger partial charge in [0.15, 0.2) is 0 Å². The molecule has 1 amide bonds. The fraction of sp³-hybridized carbons (Fsp3) is 0.941. The van der Waals surface area contributed by atoms with E-state index in [2.05, 4.69) is 16.7 Å². The summed E-state index contributed by atoms with van der Waals surface area (Å²) in [5.74, 6) is 0.937. The van der Waals surface area contributed by atoms with Crippen molar-refractivity contribution < 1.29 is 9.53 Å². The molecule has 3 aliphatic rings. The van der Waals surface area contributed by atoms with Crippen molar-refractivity contribution in [1.29, 1.82) is 0 Å². The Morgan fingerprint density at radius 2 is 2.00 bits per heavy atom. The quantitative estimate of drug-likeness (QED) is 0.780. The van der Waals surface area contributed by atoms with Crippen molar-refractivity contribution in [2.75, 3.05) is 52.4 Å². The molecule has 0 aliphatic carbocycles. The minimum atomic E-state index is 0.223. The summed E-state index contributed by atoms with van der Waals surface area (Å²) in [6.07, 6.45) is 4.02. The molecule has 5 heteroatoms. The first kappa shape index (κ1) is 16.2. The minimum Gasteiger partial charge on any atom is -0.377 e. The van der Waals surface area contributed by atoms with Gasteiger partial charge in [0.2, 0.25) is 5.91 Å². The zero-order chi connectivity index (χ0) is 15.5. The zero-order valence-electron chi connectivity index (χ0n) is 14.2. The molecule has 0 N–H and O–H groups in total. The van der Waals surface area contributed by atoms with E-state index in [1.54, 1.807) is 6.92 Å². The number of ether oxygens (including phenoxy) is 1. The molecule has 3 heterocycles. The maximum Gasteiger partial charge on any atom is 0.219 e. The topological polar surface area (TPSA) is 36.0 Å². The average Bonchev–Trinajstić information content (AvgIpc) is 3.03. The largest absolute Gasteiger partial charge is 0.377 e.